The van der Waals surface area contributed by atoms with Gasteiger partial charge >= 0.3 is 0 Å². The van der Waals surface area contributed by atoms with Crippen LogP contribution in [0.2, 0.25) is 0 Å². The van der Waals surface area contributed by atoms with Crippen molar-refractivity contribution in [3.8, 4) is 0 Å². The van der Waals surface area contributed by atoms with Crippen LogP contribution in [0, 0.1) is 11.7 Å². The Kier molecular flexibility index (Phi) is 6.59. The topological polar surface area (TPSA) is 32.3 Å². The second-order valence-electron chi connectivity index (χ2n) is 6.73. The van der Waals surface area contributed by atoms with E-state index in [1.807, 2.05) is 18.2 Å². The zero-order valence-electron chi connectivity index (χ0n) is 14.4. The van der Waals surface area contributed by atoms with Crippen molar-refractivity contribution in [2.45, 2.75) is 25.7 Å². The lowest BCUT2D eigenvalue weighted by Crippen LogP contribution is -2.42. The van der Waals surface area contributed by atoms with Crippen molar-refractivity contribution < 1.29 is 9.18 Å². The van der Waals surface area contributed by atoms with Crippen LogP contribution in [0.1, 0.15) is 23.3 Å². The lowest BCUT2D eigenvalue weighted by Gasteiger charge is -2.31. The molecule has 0 atom stereocenters. The standard InChI is InChI=1S/C20H25FN2OS/c21-18-5-3-16(4-6-18)14-17-8-11-23(12-9-17)15-20(24)22-10-7-19-2-1-13-25-19/h1-6,13,17H,7-12,14-15H2,(H,22,24). The van der Waals surface area contributed by atoms with Crippen molar-refractivity contribution in [1.82, 2.24) is 10.2 Å². The first-order valence-corrected chi connectivity index (χ1v) is 9.83. The summed E-state index contributed by atoms with van der Waals surface area (Å²) in [6.07, 6.45) is 4.10. The minimum Gasteiger partial charge on any atom is -0.355 e. The van der Waals surface area contributed by atoms with Crippen molar-refractivity contribution in [3.63, 3.8) is 0 Å². The smallest absolute Gasteiger partial charge is 0.234 e. The van der Waals surface area contributed by atoms with Crippen LogP contribution in [-0.2, 0) is 17.6 Å². The first-order chi connectivity index (χ1) is 12.2. The van der Waals surface area contributed by atoms with Gasteiger partial charge in [-0.3, -0.25) is 9.69 Å². The Hall–Kier alpha value is -1.72. The number of likely N-dealkylation sites (tertiary alicyclic amines) is 1. The molecule has 1 aromatic heterocycles. The number of hydrogen-bond donors (Lipinski definition) is 1. The third-order valence-electron chi connectivity index (χ3n) is 4.79. The number of carbonyl (C=O) groups is 1. The van der Waals surface area contributed by atoms with E-state index in [4.69, 9.17) is 0 Å². The minimum absolute atomic E-state index is 0.119. The summed E-state index contributed by atoms with van der Waals surface area (Å²) < 4.78 is 13.0. The third kappa shape index (κ3) is 5.94. The first kappa shape index (κ1) is 18.1. The highest BCUT2D eigenvalue weighted by Gasteiger charge is 2.21. The molecule has 1 fully saturated rings. The van der Waals surface area contributed by atoms with Crippen LogP contribution < -0.4 is 5.32 Å². The van der Waals surface area contributed by atoms with Crippen molar-refractivity contribution in [3.05, 3.63) is 58.0 Å². The van der Waals surface area contributed by atoms with E-state index in [0.29, 0.717) is 19.0 Å². The summed E-state index contributed by atoms with van der Waals surface area (Å²) in [6.45, 7) is 3.13. The number of rotatable bonds is 7. The van der Waals surface area contributed by atoms with Crippen molar-refractivity contribution in [2.24, 2.45) is 5.92 Å². The maximum Gasteiger partial charge on any atom is 0.234 e. The number of piperidine rings is 1. The van der Waals surface area contributed by atoms with Gasteiger partial charge in [-0.2, -0.15) is 0 Å². The van der Waals surface area contributed by atoms with Gasteiger partial charge in [0.1, 0.15) is 5.82 Å². The zero-order valence-corrected chi connectivity index (χ0v) is 15.2. The average molecular weight is 360 g/mol. The number of benzene rings is 1. The first-order valence-electron chi connectivity index (χ1n) is 8.95. The van der Waals surface area contributed by atoms with Crippen LogP contribution in [-0.4, -0.2) is 37.0 Å². The summed E-state index contributed by atoms with van der Waals surface area (Å²) in [5.41, 5.74) is 1.20. The Morgan fingerprint density at radius 1 is 1.20 bits per heavy atom. The predicted molar refractivity (Wildman–Crippen MR) is 100 cm³/mol. The average Bonchev–Trinajstić information content (AvgIpc) is 3.12. The second-order valence-corrected chi connectivity index (χ2v) is 7.76. The Morgan fingerprint density at radius 3 is 2.64 bits per heavy atom. The molecule has 1 N–H and O–H groups in total. The summed E-state index contributed by atoms with van der Waals surface area (Å²) in [5, 5.41) is 5.08. The van der Waals surface area contributed by atoms with Gasteiger partial charge in [0.25, 0.3) is 0 Å². The fourth-order valence-electron chi connectivity index (χ4n) is 3.34. The van der Waals surface area contributed by atoms with E-state index in [9.17, 15) is 9.18 Å². The SMILES string of the molecule is O=C(CN1CCC(Cc2ccc(F)cc2)CC1)NCCc1cccs1. The number of hydrogen-bond acceptors (Lipinski definition) is 3. The van der Waals surface area contributed by atoms with Gasteiger partial charge in [-0.05, 0) is 73.8 Å². The van der Waals surface area contributed by atoms with Gasteiger partial charge in [-0.15, -0.1) is 11.3 Å². The molecular weight excluding hydrogens is 335 g/mol. The molecule has 2 aromatic rings. The molecule has 134 valence electrons. The minimum atomic E-state index is -0.177. The van der Waals surface area contributed by atoms with Gasteiger partial charge < -0.3 is 5.32 Å². The van der Waals surface area contributed by atoms with Crippen LogP contribution >= 0.6 is 11.3 Å². The van der Waals surface area contributed by atoms with E-state index in [1.165, 1.54) is 22.6 Å². The summed E-state index contributed by atoms with van der Waals surface area (Å²) in [7, 11) is 0. The summed E-state index contributed by atoms with van der Waals surface area (Å²) in [6, 6.07) is 11.0. The van der Waals surface area contributed by atoms with E-state index in [1.54, 1.807) is 11.3 Å². The molecule has 0 aliphatic carbocycles. The summed E-state index contributed by atoms with van der Waals surface area (Å²) in [4.78, 5) is 15.6. The third-order valence-corrected chi connectivity index (χ3v) is 5.72. The molecule has 0 unspecified atom stereocenters. The second kappa shape index (κ2) is 9.11. The predicted octanol–water partition coefficient (Wildman–Crippen LogP) is 3.50. The maximum absolute atomic E-state index is 13.0. The molecule has 25 heavy (non-hydrogen) atoms. The molecule has 1 amide bonds. The fourth-order valence-corrected chi connectivity index (χ4v) is 4.05. The molecular formula is C20H25FN2OS. The largest absolute Gasteiger partial charge is 0.355 e. The normalized spacial score (nSPS) is 16.0. The highest BCUT2D eigenvalue weighted by molar-refractivity contribution is 7.09. The van der Waals surface area contributed by atoms with Crippen molar-refractivity contribution in [2.75, 3.05) is 26.2 Å². The van der Waals surface area contributed by atoms with Gasteiger partial charge in [0.15, 0.2) is 0 Å². The Bertz CT molecular complexity index is 649. The Labute approximate surface area is 152 Å². The van der Waals surface area contributed by atoms with Crippen LogP contribution in [0.5, 0.6) is 0 Å². The number of carbonyl (C=O) groups excluding carboxylic acids is 1. The van der Waals surface area contributed by atoms with Crippen LogP contribution in [0.3, 0.4) is 0 Å². The molecule has 5 heteroatoms. The molecule has 1 aliphatic rings. The van der Waals surface area contributed by atoms with Crippen LogP contribution in [0.15, 0.2) is 41.8 Å². The number of nitrogens with one attached hydrogen (secondary N) is 1. The van der Waals surface area contributed by atoms with E-state index < -0.39 is 0 Å². The highest BCUT2D eigenvalue weighted by atomic mass is 32.1. The van der Waals surface area contributed by atoms with Gasteiger partial charge in [0.05, 0.1) is 6.54 Å². The molecule has 2 heterocycles. The van der Waals surface area contributed by atoms with Crippen molar-refractivity contribution in [1.29, 1.82) is 0 Å². The van der Waals surface area contributed by atoms with E-state index in [2.05, 4.69) is 21.7 Å². The van der Waals surface area contributed by atoms with Crippen molar-refractivity contribution >= 4 is 17.2 Å². The van der Waals surface area contributed by atoms with Gasteiger partial charge in [0, 0.05) is 11.4 Å². The number of halogens is 1. The summed E-state index contributed by atoms with van der Waals surface area (Å²) >= 11 is 1.73. The van der Waals surface area contributed by atoms with Crippen LogP contribution in [0.25, 0.3) is 0 Å². The molecule has 3 nitrogen and oxygen atoms in total. The summed E-state index contributed by atoms with van der Waals surface area (Å²) in [5.74, 6) is 0.570. The maximum atomic E-state index is 13.0. The molecule has 3 rings (SSSR count). The monoisotopic (exact) mass is 360 g/mol. The highest BCUT2D eigenvalue weighted by Crippen LogP contribution is 2.21. The number of nitrogens with zero attached hydrogens (tertiary/aromatic N) is 1. The van der Waals surface area contributed by atoms with E-state index in [0.717, 1.165) is 38.8 Å². The van der Waals surface area contributed by atoms with E-state index >= 15 is 0 Å². The number of amides is 1. The van der Waals surface area contributed by atoms with E-state index in [-0.39, 0.29) is 11.7 Å². The molecule has 1 saturated heterocycles. The van der Waals surface area contributed by atoms with Crippen LogP contribution in [0.4, 0.5) is 4.39 Å². The molecule has 0 saturated carbocycles. The quantitative estimate of drug-likeness (QED) is 0.820. The van der Waals surface area contributed by atoms with Gasteiger partial charge in [0.2, 0.25) is 5.91 Å². The lowest BCUT2D eigenvalue weighted by atomic mass is 9.90. The lowest BCUT2D eigenvalue weighted by molar-refractivity contribution is -0.122. The Morgan fingerprint density at radius 2 is 1.96 bits per heavy atom. The molecule has 0 bridgehead atoms. The van der Waals surface area contributed by atoms with Gasteiger partial charge in [-0.25, -0.2) is 4.39 Å². The fraction of sp³-hybridized carbons (Fsp3) is 0.450. The zero-order chi connectivity index (χ0) is 17.5. The number of thiophene rings is 1. The molecule has 1 aromatic carbocycles. The molecule has 1 aliphatic heterocycles. The molecule has 0 spiro atoms. The molecule has 0 radical (unpaired) electrons. The van der Waals surface area contributed by atoms with Gasteiger partial charge in [-0.1, -0.05) is 18.2 Å². The Balaban J connectivity index is 1.33.